The standard InChI is InChI=1S/C14H22ClFN2/c1-5-14(2,18(3)4)13(17)9-10-8-11(15)6-7-12(10)16/h6-8,13H,5,9,17H2,1-4H3. The Bertz CT molecular complexity index is 409. The number of nitrogens with zero attached hydrogens (tertiary/aromatic N) is 1. The van der Waals surface area contributed by atoms with Crippen LogP contribution in [0.15, 0.2) is 18.2 Å². The molecule has 0 aliphatic carbocycles. The van der Waals surface area contributed by atoms with Gasteiger partial charge in [0.2, 0.25) is 0 Å². The third kappa shape index (κ3) is 3.22. The smallest absolute Gasteiger partial charge is 0.126 e. The van der Waals surface area contributed by atoms with E-state index in [1.807, 2.05) is 14.1 Å². The van der Waals surface area contributed by atoms with E-state index in [2.05, 4.69) is 18.7 Å². The molecule has 4 heteroatoms. The summed E-state index contributed by atoms with van der Waals surface area (Å²) in [7, 11) is 4.00. The summed E-state index contributed by atoms with van der Waals surface area (Å²) < 4.78 is 13.7. The van der Waals surface area contributed by atoms with Gasteiger partial charge in [0.15, 0.2) is 0 Å². The molecule has 102 valence electrons. The molecule has 0 heterocycles. The van der Waals surface area contributed by atoms with Crippen LogP contribution in [0.3, 0.4) is 0 Å². The minimum atomic E-state index is -0.243. The van der Waals surface area contributed by atoms with Crippen LogP contribution in [0, 0.1) is 5.82 Å². The first-order valence-corrected chi connectivity index (χ1v) is 6.56. The van der Waals surface area contributed by atoms with Crippen molar-refractivity contribution in [3.8, 4) is 0 Å². The van der Waals surface area contributed by atoms with Crippen molar-refractivity contribution >= 4 is 11.6 Å². The summed E-state index contributed by atoms with van der Waals surface area (Å²) >= 11 is 5.89. The van der Waals surface area contributed by atoms with Gasteiger partial charge in [0, 0.05) is 16.6 Å². The lowest BCUT2D eigenvalue weighted by Crippen LogP contribution is -2.55. The summed E-state index contributed by atoms with van der Waals surface area (Å²) in [6.07, 6.45) is 1.39. The largest absolute Gasteiger partial charge is 0.326 e. The van der Waals surface area contributed by atoms with E-state index >= 15 is 0 Å². The number of benzene rings is 1. The Morgan fingerprint density at radius 2 is 2.06 bits per heavy atom. The number of hydrogen-bond acceptors (Lipinski definition) is 2. The van der Waals surface area contributed by atoms with Crippen molar-refractivity contribution in [2.45, 2.75) is 38.3 Å². The third-order valence-electron chi connectivity index (χ3n) is 3.98. The molecule has 1 aromatic carbocycles. The Morgan fingerprint density at radius 1 is 1.44 bits per heavy atom. The molecule has 0 aliphatic rings. The first-order chi connectivity index (χ1) is 8.31. The Hall–Kier alpha value is -0.640. The van der Waals surface area contributed by atoms with Gasteiger partial charge in [-0.15, -0.1) is 0 Å². The first kappa shape index (κ1) is 15.4. The molecule has 2 nitrogen and oxygen atoms in total. The van der Waals surface area contributed by atoms with Crippen LogP contribution in [0.2, 0.25) is 5.02 Å². The summed E-state index contributed by atoms with van der Waals surface area (Å²) in [5.41, 5.74) is 6.69. The van der Waals surface area contributed by atoms with Crippen LogP contribution in [0.5, 0.6) is 0 Å². The molecule has 0 radical (unpaired) electrons. The normalized spacial score (nSPS) is 16.7. The maximum absolute atomic E-state index is 13.7. The average Bonchev–Trinajstić information content (AvgIpc) is 2.32. The Morgan fingerprint density at radius 3 is 2.56 bits per heavy atom. The van der Waals surface area contributed by atoms with Crippen LogP contribution in [0.4, 0.5) is 4.39 Å². The summed E-state index contributed by atoms with van der Waals surface area (Å²) in [5, 5.41) is 0.543. The van der Waals surface area contributed by atoms with E-state index in [1.165, 1.54) is 6.07 Å². The molecule has 1 aromatic rings. The molecule has 0 aromatic heterocycles. The van der Waals surface area contributed by atoms with Gasteiger partial charge in [-0.05, 0) is 57.6 Å². The number of rotatable bonds is 5. The van der Waals surface area contributed by atoms with Crippen molar-refractivity contribution in [2.75, 3.05) is 14.1 Å². The van der Waals surface area contributed by atoms with Crippen LogP contribution in [0.1, 0.15) is 25.8 Å². The van der Waals surface area contributed by atoms with E-state index in [-0.39, 0.29) is 17.4 Å². The van der Waals surface area contributed by atoms with Gasteiger partial charge < -0.3 is 10.6 Å². The van der Waals surface area contributed by atoms with Crippen LogP contribution >= 0.6 is 11.6 Å². The van der Waals surface area contributed by atoms with Gasteiger partial charge in [0.1, 0.15) is 5.82 Å². The van der Waals surface area contributed by atoms with Gasteiger partial charge in [0.25, 0.3) is 0 Å². The van der Waals surface area contributed by atoms with Crippen molar-refractivity contribution < 1.29 is 4.39 Å². The number of halogens is 2. The van der Waals surface area contributed by atoms with Crippen LogP contribution in [0.25, 0.3) is 0 Å². The molecular weight excluding hydrogens is 251 g/mol. The maximum Gasteiger partial charge on any atom is 0.126 e. The third-order valence-corrected chi connectivity index (χ3v) is 4.22. The fourth-order valence-corrected chi connectivity index (χ4v) is 2.26. The molecule has 1 rings (SSSR count). The molecule has 2 atom stereocenters. The molecule has 0 amide bonds. The van der Waals surface area contributed by atoms with Gasteiger partial charge in [-0.3, -0.25) is 0 Å². The SMILES string of the molecule is CCC(C)(C(N)Cc1cc(Cl)ccc1F)N(C)C. The van der Waals surface area contributed by atoms with Gasteiger partial charge >= 0.3 is 0 Å². The highest BCUT2D eigenvalue weighted by molar-refractivity contribution is 6.30. The van der Waals surface area contributed by atoms with E-state index in [1.54, 1.807) is 12.1 Å². The molecule has 2 unspecified atom stereocenters. The monoisotopic (exact) mass is 272 g/mol. The zero-order valence-corrected chi connectivity index (χ0v) is 12.3. The van der Waals surface area contributed by atoms with E-state index in [9.17, 15) is 4.39 Å². The average molecular weight is 273 g/mol. The Labute approximate surface area is 114 Å². The first-order valence-electron chi connectivity index (χ1n) is 6.18. The lowest BCUT2D eigenvalue weighted by Gasteiger charge is -2.41. The van der Waals surface area contributed by atoms with Gasteiger partial charge in [-0.25, -0.2) is 4.39 Å². The highest BCUT2D eigenvalue weighted by Gasteiger charge is 2.32. The summed E-state index contributed by atoms with van der Waals surface area (Å²) in [5.74, 6) is -0.243. The highest BCUT2D eigenvalue weighted by atomic mass is 35.5. The van der Waals surface area contributed by atoms with E-state index < -0.39 is 0 Å². The highest BCUT2D eigenvalue weighted by Crippen LogP contribution is 2.24. The van der Waals surface area contributed by atoms with Crippen molar-refractivity contribution in [2.24, 2.45) is 5.73 Å². The second kappa shape index (κ2) is 6.00. The molecule has 0 fully saturated rings. The van der Waals surface area contributed by atoms with Crippen LogP contribution in [-0.4, -0.2) is 30.6 Å². The molecular formula is C14H22ClFN2. The zero-order chi connectivity index (χ0) is 13.9. The summed E-state index contributed by atoms with van der Waals surface area (Å²) in [6, 6.07) is 4.45. The van der Waals surface area contributed by atoms with Gasteiger partial charge in [-0.2, -0.15) is 0 Å². The molecule has 0 saturated carbocycles. The van der Waals surface area contributed by atoms with Gasteiger partial charge in [0.05, 0.1) is 0 Å². The molecule has 0 saturated heterocycles. The zero-order valence-electron chi connectivity index (χ0n) is 11.5. The van der Waals surface area contributed by atoms with Crippen molar-refractivity contribution in [3.63, 3.8) is 0 Å². The molecule has 0 aliphatic heterocycles. The Kier molecular flexibility index (Phi) is 5.14. The van der Waals surface area contributed by atoms with Crippen molar-refractivity contribution in [3.05, 3.63) is 34.6 Å². The van der Waals surface area contributed by atoms with Gasteiger partial charge in [-0.1, -0.05) is 18.5 Å². The number of nitrogens with two attached hydrogens (primary N) is 1. The fraction of sp³-hybridized carbons (Fsp3) is 0.571. The molecule has 0 spiro atoms. The minimum absolute atomic E-state index is 0.148. The lowest BCUT2D eigenvalue weighted by atomic mass is 9.84. The maximum atomic E-state index is 13.7. The fourth-order valence-electron chi connectivity index (χ4n) is 2.07. The lowest BCUT2D eigenvalue weighted by molar-refractivity contribution is 0.131. The predicted octanol–water partition coefficient (Wildman–Crippen LogP) is 3.08. The van der Waals surface area contributed by atoms with E-state index in [0.717, 1.165) is 6.42 Å². The predicted molar refractivity (Wildman–Crippen MR) is 75.5 cm³/mol. The second-order valence-corrected chi connectivity index (χ2v) is 5.59. The summed E-state index contributed by atoms with van der Waals surface area (Å²) in [6.45, 7) is 4.19. The Balaban J connectivity index is 2.93. The quantitative estimate of drug-likeness (QED) is 0.893. The molecule has 2 N–H and O–H groups in total. The minimum Gasteiger partial charge on any atom is -0.326 e. The second-order valence-electron chi connectivity index (χ2n) is 5.15. The summed E-state index contributed by atoms with van der Waals surface area (Å²) in [4.78, 5) is 2.10. The topological polar surface area (TPSA) is 29.3 Å². The van der Waals surface area contributed by atoms with Crippen LogP contribution < -0.4 is 5.73 Å². The van der Waals surface area contributed by atoms with E-state index in [0.29, 0.717) is 17.0 Å². The van der Waals surface area contributed by atoms with Crippen molar-refractivity contribution in [1.82, 2.24) is 4.90 Å². The number of hydrogen-bond donors (Lipinski definition) is 1. The van der Waals surface area contributed by atoms with Crippen LogP contribution in [-0.2, 0) is 6.42 Å². The van der Waals surface area contributed by atoms with Crippen molar-refractivity contribution in [1.29, 1.82) is 0 Å². The van der Waals surface area contributed by atoms with E-state index in [4.69, 9.17) is 17.3 Å². The molecule has 18 heavy (non-hydrogen) atoms. The molecule has 0 bridgehead atoms. The number of likely N-dealkylation sites (N-methyl/N-ethyl adjacent to an activating group) is 1.